The van der Waals surface area contributed by atoms with Crippen LogP contribution in [-0.4, -0.2) is 34.6 Å². The number of ether oxygens (including phenoxy) is 1. The predicted octanol–water partition coefficient (Wildman–Crippen LogP) is 1.64. The molecular weight excluding hydrogens is 280 g/mol. The van der Waals surface area contributed by atoms with Gasteiger partial charge in [-0.15, -0.1) is 11.3 Å². The van der Waals surface area contributed by atoms with Gasteiger partial charge < -0.3 is 9.84 Å². The Labute approximate surface area is 118 Å². The number of carbonyl (C=O) groups is 2. The van der Waals surface area contributed by atoms with Crippen LogP contribution in [0.25, 0.3) is 0 Å². The maximum absolute atomic E-state index is 12.4. The van der Waals surface area contributed by atoms with Crippen LogP contribution >= 0.6 is 11.3 Å². The van der Waals surface area contributed by atoms with Gasteiger partial charge in [0.25, 0.3) is 5.91 Å². The molecule has 1 aromatic carbocycles. The van der Waals surface area contributed by atoms with Gasteiger partial charge in [-0.3, -0.25) is 9.69 Å². The Hall–Kier alpha value is -2.41. The molecule has 2 aromatic rings. The van der Waals surface area contributed by atoms with Gasteiger partial charge in [0.15, 0.2) is 0 Å². The van der Waals surface area contributed by atoms with Crippen molar-refractivity contribution in [3.8, 4) is 5.75 Å². The highest BCUT2D eigenvalue weighted by atomic mass is 32.1. The van der Waals surface area contributed by atoms with E-state index in [-0.39, 0.29) is 12.5 Å². The highest BCUT2D eigenvalue weighted by Gasteiger charge is 2.34. The number of hydrogen-bond acceptors (Lipinski definition) is 5. The number of carboxylic acids is 1. The zero-order valence-corrected chi connectivity index (χ0v) is 11.0. The van der Waals surface area contributed by atoms with E-state index in [1.54, 1.807) is 35.2 Å². The van der Waals surface area contributed by atoms with E-state index >= 15 is 0 Å². The van der Waals surface area contributed by atoms with Crippen LogP contribution in [0.3, 0.4) is 0 Å². The molecule has 0 spiro atoms. The summed E-state index contributed by atoms with van der Waals surface area (Å²) < 4.78 is 5.38. The second-order valence-corrected chi connectivity index (χ2v) is 4.92. The number of rotatable bonds is 2. The van der Waals surface area contributed by atoms with Crippen molar-refractivity contribution in [3.05, 3.63) is 40.8 Å². The van der Waals surface area contributed by atoms with E-state index in [4.69, 9.17) is 9.84 Å². The molecule has 0 radical (unpaired) electrons. The fourth-order valence-corrected chi connectivity index (χ4v) is 2.54. The minimum absolute atomic E-state index is 0.0390. The van der Waals surface area contributed by atoms with Crippen LogP contribution < -0.4 is 9.64 Å². The number of aliphatic carboxylic acids is 1. The van der Waals surface area contributed by atoms with Crippen molar-refractivity contribution in [2.75, 3.05) is 11.4 Å². The molecule has 1 N–H and O–H groups in total. The molecule has 1 unspecified atom stereocenters. The van der Waals surface area contributed by atoms with Gasteiger partial charge in [-0.25, -0.2) is 9.78 Å². The van der Waals surface area contributed by atoms with Crippen molar-refractivity contribution in [1.82, 2.24) is 4.98 Å². The van der Waals surface area contributed by atoms with E-state index in [0.29, 0.717) is 17.1 Å². The van der Waals surface area contributed by atoms with Gasteiger partial charge >= 0.3 is 5.97 Å². The lowest BCUT2D eigenvalue weighted by Crippen LogP contribution is -2.47. The number of thiazole rings is 1. The van der Waals surface area contributed by atoms with Gasteiger partial charge in [-0.1, -0.05) is 12.1 Å². The lowest BCUT2D eigenvalue weighted by Gasteiger charge is -2.32. The molecule has 3 rings (SSSR count). The van der Waals surface area contributed by atoms with Crippen LogP contribution in [0.1, 0.15) is 10.5 Å². The Bertz CT molecular complexity index is 656. The highest BCUT2D eigenvalue weighted by Crippen LogP contribution is 2.34. The Morgan fingerprint density at radius 3 is 2.90 bits per heavy atom. The van der Waals surface area contributed by atoms with Crippen LogP contribution in [0.2, 0.25) is 0 Å². The molecule has 0 saturated heterocycles. The number of aromatic nitrogens is 1. The maximum atomic E-state index is 12.4. The van der Waals surface area contributed by atoms with Gasteiger partial charge in [0.05, 0.1) is 17.7 Å². The average Bonchev–Trinajstić information content (AvgIpc) is 2.99. The van der Waals surface area contributed by atoms with Crippen LogP contribution in [0.15, 0.2) is 35.2 Å². The topological polar surface area (TPSA) is 79.7 Å². The summed E-state index contributed by atoms with van der Waals surface area (Å²) in [6.45, 7) is -0.0390. The summed E-state index contributed by atoms with van der Waals surface area (Å²) in [5, 5.41) is 10.8. The quantitative estimate of drug-likeness (QED) is 0.909. The first kappa shape index (κ1) is 12.6. The van der Waals surface area contributed by atoms with E-state index in [1.807, 2.05) is 0 Å². The maximum Gasteiger partial charge on any atom is 0.346 e. The number of nitrogens with zero attached hydrogens (tertiary/aromatic N) is 2. The Morgan fingerprint density at radius 1 is 1.40 bits per heavy atom. The third kappa shape index (κ3) is 2.12. The minimum Gasteiger partial charge on any atom is -0.478 e. The van der Waals surface area contributed by atoms with Crippen molar-refractivity contribution >= 4 is 28.9 Å². The minimum atomic E-state index is -1.10. The number of benzene rings is 1. The number of carboxylic acid groups (broad SMARTS) is 1. The van der Waals surface area contributed by atoms with E-state index in [0.717, 1.165) is 0 Å². The number of hydrogen-bond donors (Lipinski definition) is 1. The SMILES string of the molecule is O=C(O)C1CN(C(=O)c2cscn2)c2ccccc2O1. The Morgan fingerprint density at radius 2 is 2.20 bits per heavy atom. The fourth-order valence-electron chi connectivity index (χ4n) is 2.01. The number of fused-ring (bicyclic) bond motifs is 1. The van der Waals surface area contributed by atoms with Crippen LogP contribution in [0.4, 0.5) is 5.69 Å². The summed E-state index contributed by atoms with van der Waals surface area (Å²) in [5.74, 6) is -1.04. The van der Waals surface area contributed by atoms with Crippen molar-refractivity contribution in [3.63, 3.8) is 0 Å². The Balaban J connectivity index is 2.01. The lowest BCUT2D eigenvalue weighted by molar-refractivity contribution is -0.144. The first-order valence-electron chi connectivity index (χ1n) is 5.85. The van der Waals surface area contributed by atoms with Crippen LogP contribution in [0.5, 0.6) is 5.75 Å². The van der Waals surface area contributed by atoms with Gasteiger partial charge in [0.1, 0.15) is 11.4 Å². The molecule has 102 valence electrons. The van der Waals surface area contributed by atoms with Crippen molar-refractivity contribution in [2.24, 2.45) is 0 Å². The average molecular weight is 290 g/mol. The van der Waals surface area contributed by atoms with E-state index < -0.39 is 12.1 Å². The summed E-state index contributed by atoms with van der Waals surface area (Å²) >= 11 is 1.31. The van der Waals surface area contributed by atoms with Crippen molar-refractivity contribution in [2.45, 2.75) is 6.10 Å². The predicted molar refractivity (Wildman–Crippen MR) is 72.3 cm³/mol. The first-order valence-corrected chi connectivity index (χ1v) is 6.79. The summed E-state index contributed by atoms with van der Waals surface area (Å²) in [6.07, 6.45) is -1.08. The van der Waals surface area contributed by atoms with E-state index in [1.165, 1.54) is 16.2 Å². The zero-order valence-electron chi connectivity index (χ0n) is 10.2. The van der Waals surface area contributed by atoms with Crippen molar-refractivity contribution in [1.29, 1.82) is 0 Å². The van der Waals surface area contributed by atoms with Gasteiger partial charge in [-0.05, 0) is 12.1 Å². The van der Waals surface area contributed by atoms with Gasteiger partial charge in [0.2, 0.25) is 6.10 Å². The number of para-hydroxylation sites is 2. The van der Waals surface area contributed by atoms with Gasteiger partial charge in [0, 0.05) is 5.38 Å². The summed E-state index contributed by atoms with van der Waals surface area (Å²) in [4.78, 5) is 28.9. The zero-order chi connectivity index (χ0) is 14.1. The fraction of sp³-hybridized carbons (Fsp3) is 0.154. The first-order chi connectivity index (χ1) is 9.66. The molecule has 0 aliphatic carbocycles. The number of amides is 1. The molecule has 1 aliphatic rings. The van der Waals surface area contributed by atoms with Crippen LogP contribution in [-0.2, 0) is 4.79 Å². The third-order valence-corrected chi connectivity index (χ3v) is 3.53. The molecule has 7 heteroatoms. The Kier molecular flexibility index (Phi) is 3.11. The monoisotopic (exact) mass is 290 g/mol. The molecule has 6 nitrogen and oxygen atoms in total. The van der Waals surface area contributed by atoms with Crippen molar-refractivity contribution < 1.29 is 19.4 Å². The smallest absolute Gasteiger partial charge is 0.346 e. The second kappa shape index (κ2) is 4.93. The van der Waals surface area contributed by atoms with E-state index in [9.17, 15) is 9.59 Å². The molecule has 1 atom stereocenters. The lowest BCUT2D eigenvalue weighted by atomic mass is 10.1. The van der Waals surface area contributed by atoms with Crippen LogP contribution in [0, 0.1) is 0 Å². The molecule has 20 heavy (non-hydrogen) atoms. The molecular formula is C13H10N2O4S. The third-order valence-electron chi connectivity index (χ3n) is 2.95. The molecule has 1 aromatic heterocycles. The normalized spacial score (nSPS) is 17.2. The summed E-state index contributed by atoms with van der Waals surface area (Å²) in [5.41, 5.74) is 2.42. The number of carbonyl (C=O) groups excluding carboxylic acids is 1. The second-order valence-electron chi connectivity index (χ2n) is 4.20. The van der Waals surface area contributed by atoms with Gasteiger partial charge in [-0.2, -0.15) is 0 Å². The molecule has 0 saturated carbocycles. The summed E-state index contributed by atoms with van der Waals surface area (Å²) in [7, 11) is 0. The highest BCUT2D eigenvalue weighted by molar-refractivity contribution is 7.07. The molecule has 1 aliphatic heterocycles. The largest absolute Gasteiger partial charge is 0.478 e. The molecule has 2 heterocycles. The summed E-state index contributed by atoms with van der Waals surface area (Å²) in [6, 6.07) is 6.86. The molecule has 0 fully saturated rings. The molecule has 1 amide bonds. The number of anilines is 1. The standard InChI is InChI=1S/C13H10N2O4S/c16-12(8-6-20-7-14-8)15-5-11(13(17)18)19-10-4-2-1-3-9(10)15/h1-4,6-7,11H,5H2,(H,17,18). The van der Waals surface area contributed by atoms with E-state index in [2.05, 4.69) is 4.98 Å². The molecule has 0 bridgehead atoms.